The van der Waals surface area contributed by atoms with Gasteiger partial charge in [-0.2, -0.15) is 23.3 Å². The van der Waals surface area contributed by atoms with Gasteiger partial charge in [0.05, 0.1) is 28.7 Å². The first-order valence-electron chi connectivity index (χ1n) is 12.4. The Bertz CT molecular complexity index is 1430. The molecule has 192 valence electrons. The average Bonchev–Trinajstić information content (AvgIpc) is 3.55. The highest BCUT2D eigenvalue weighted by molar-refractivity contribution is 8.18. The third-order valence-electron chi connectivity index (χ3n) is 7.16. The van der Waals surface area contributed by atoms with E-state index < -0.39 is 11.7 Å². The molecule has 0 N–H and O–H groups in total. The molecule has 2 fully saturated rings. The number of carbonyl (C=O) groups is 1. The maximum absolute atomic E-state index is 13.3. The number of hydrogen-bond donors (Lipinski definition) is 0. The fourth-order valence-corrected chi connectivity index (χ4v) is 5.82. The first-order valence-corrected chi connectivity index (χ1v) is 13.2. The van der Waals surface area contributed by atoms with Crippen LogP contribution in [0, 0.1) is 0 Å². The second-order valence-corrected chi connectivity index (χ2v) is 10.9. The zero-order chi connectivity index (χ0) is 25.7. The lowest BCUT2D eigenvalue weighted by molar-refractivity contribution is -0.137. The Morgan fingerprint density at radius 2 is 1.86 bits per heavy atom. The molecule has 3 aromatic rings. The Hall–Kier alpha value is -3.11. The van der Waals surface area contributed by atoms with Gasteiger partial charge in [-0.05, 0) is 84.6 Å². The standard InChI is InChI=1S/C27H26F3N5OS/c1-33-8-10-34(11-9-33)26-32-25(36)24(37-26)13-17-2-7-23-20(12-17)15-31-35(23)16-19-5-6-21(27(28,29)30)14-22(19)18-3-4-18/h2,5-7,12-15,18H,3-4,8-11,16H2,1H3/b24-13-. The molecule has 6 rings (SSSR count). The second-order valence-electron chi connectivity index (χ2n) is 9.91. The number of thioether (sulfide) groups is 1. The minimum absolute atomic E-state index is 0.191. The van der Waals surface area contributed by atoms with Gasteiger partial charge in [0.15, 0.2) is 5.17 Å². The molecular formula is C27H26F3N5OS. The Labute approximate surface area is 216 Å². The van der Waals surface area contributed by atoms with Gasteiger partial charge < -0.3 is 9.80 Å². The van der Waals surface area contributed by atoms with E-state index in [1.807, 2.05) is 29.0 Å². The van der Waals surface area contributed by atoms with Crippen LogP contribution >= 0.6 is 11.8 Å². The first kappa shape index (κ1) is 24.2. The number of carbonyl (C=O) groups excluding carboxylic acids is 1. The molecule has 10 heteroatoms. The number of amidine groups is 1. The summed E-state index contributed by atoms with van der Waals surface area (Å²) in [6, 6.07) is 9.90. The van der Waals surface area contributed by atoms with E-state index in [0.717, 1.165) is 77.8 Å². The van der Waals surface area contributed by atoms with Gasteiger partial charge in [-0.25, -0.2) is 0 Å². The molecule has 37 heavy (non-hydrogen) atoms. The van der Waals surface area contributed by atoms with E-state index in [1.54, 1.807) is 12.3 Å². The van der Waals surface area contributed by atoms with Gasteiger partial charge in [0.1, 0.15) is 0 Å². The molecular weight excluding hydrogens is 499 g/mol. The Kier molecular flexibility index (Phi) is 6.11. The first-order chi connectivity index (χ1) is 17.7. The molecule has 3 aliphatic rings. The summed E-state index contributed by atoms with van der Waals surface area (Å²) in [5.74, 6) is -0.0265. The molecule has 6 nitrogen and oxygen atoms in total. The van der Waals surface area contributed by atoms with Crippen molar-refractivity contribution >= 4 is 39.8 Å². The van der Waals surface area contributed by atoms with E-state index in [4.69, 9.17) is 0 Å². The maximum atomic E-state index is 13.3. The highest BCUT2D eigenvalue weighted by Crippen LogP contribution is 2.44. The van der Waals surface area contributed by atoms with Crippen molar-refractivity contribution < 1.29 is 18.0 Å². The van der Waals surface area contributed by atoms with Crippen LogP contribution in [0.1, 0.15) is 41.0 Å². The van der Waals surface area contributed by atoms with Crippen LogP contribution in [0.15, 0.2) is 52.5 Å². The van der Waals surface area contributed by atoms with Crippen LogP contribution in [0.2, 0.25) is 0 Å². The molecule has 1 saturated heterocycles. The summed E-state index contributed by atoms with van der Waals surface area (Å²) in [4.78, 5) is 21.8. The van der Waals surface area contributed by atoms with E-state index in [1.165, 1.54) is 17.8 Å². The Balaban J connectivity index is 1.21. The number of alkyl halides is 3. The Morgan fingerprint density at radius 3 is 2.59 bits per heavy atom. The number of halogens is 3. The third-order valence-corrected chi connectivity index (χ3v) is 8.20. The molecule has 1 amide bonds. The van der Waals surface area contributed by atoms with Gasteiger partial charge >= 0.3 is 6.18 Å². The van der Waals surface area contributed by atoms with Gasteiger partial charge in [0.2, 0.25) is 0 Å². The zero-order valence-corrected chi connectivity index (χ0v) is 21.1. The van der Waals surface area contributed by atoms with Crippen molar-refractivity contribution in [1.82, 2.24) is 19.6 Å². The predicted octanol–water partition coefficient (Wildman–Crippen LogP) is 5.20. The van der Waals surface area contributed by atoms with Gasteiger partial charge in [-0.3, -0.25) is 9.48 Å². The topological polar surface area (TPSA) is 53.7 Å². The molecule has 3 heterocycles. The molecule has 2 aromatic carbocycles. The Morgan fingerprint density at radius 1 is 1.08 bits per heavy atom. The van der Waals surface area contributed by atoms with E-state index in [0.29, 0.717) is 11.4 Å². The average molecular weight is 526 g/mol. The zero-order valence-electron chi connectivity index (χ0n) is 20.3. The molecule has 0 spiro atoms. The largest absolute Gasteiger partial charge is 0.416 e. The summed E-state index contributed by atoms with van der Waals surface area (Å²) in [6.07, 6.45) is 1.11. The van der Waals surface area contributed by atoms with Crippen molar-refractivity contribution in [2.24, 2.45) is 4.99 Å². The van der Waals surface area contributed by atoms with Crippen LogP contribution in [0.4, 0.5) is 13.2 Å². The number of amides is 1. The number of nitrogens with zero attached hydrogens (tertiary/aromatic N) is 5. The van der Waals surface area contributed by atoms with Gasteiger partial charge in [0.25, 0.3) is 5.91 Å². The third kappa shape index (κ3) is 5.04. The van der Waals surface area contributed by atoms with Crippen molar-refractivity contribution in [3.8, 4) is 0 Å². The van der Waals surface area contributed by atoms with Crippen LogP contribution in [0.25, 0.3) is 17.0 Å². The van der Waals surface area contributed by atoms with Crippen LogP contribution in [0.3, 0.4) is 0 Å². The monoisotopic (exact) mass is 525 g/mol. The summed E-state index contributed by atoms with van der Waals surface area (Å²) < 4.78 is 41.6. The van der Waals surface area contributed by atoms with E-state index in [2.05, 4.69) is 26.9 Å². The van der Waals surface area contributed by atoms with Crippen LogP contribution in [-0.2, 0) is 17.5 Å². The number of aromatic nitrogens is 2. The summed E-state index contributed by atoms with van der Waals surface area (Å²) >= 11 is 1.41. The summed E-state index contributed by atoms with van der Waals surface area (Å²) in [6.45, 7) is 4.01. The number of rotatable bonds is 4. The van der Waals surface area contributed by atoms with Crippen LogP contribution in [-0.4, -0.2) is 63.9 Å². The smallest absolute Gasteiger partial charge is 0.348 e. The van der Waals surface area contributed by atoms with Gasteiger partial charge in [0, 0.05) is 31.6 Å². The quantitative estimate of drug-likeness (QED) is 0.439. The fourth-order valence-electron chi connectivity index (χ4n) is 4.85. The maximum Gasteiger partial charge on any atom is 0.416 e. The highest BCUT2D eigenvalue weighted by atomic mass is 32.2. The molecule has 1 aromatic heterocycles. The molecule has 0 unspecified atom stereocenters. The molecule has 1 aliphatic carbocycles. The van der Waals surface area contributed by atoms with Gasteiger partial charge in [-0.15, -0.1) is 0 Å². The van der Waals surface area contributed by atoms with Crippen LogP contribution < -0.4 is 0 Å². The van der Waals surface area contributed by atoms with Crippen molar-refractivity contribution in [3.63, 3.8) is 0 Å². The van der Waals surface area contributed by atoms with Crippen molar-refractivity contribution in [1.29, 1.82) is 0 Å². The normalized spacial score (nSPS) is 20.3. The molecule has 0 atom stereocenters. The lowest BCUT2D eigenvalue weighted by atomic mass is 9.99. The summed E-state index contributed by atoms with van der Waals surface area (Å²) in [7, 11) is 2.09. The predicted molar refractivity (Wildman–Crippen MR) is 139 cm³/mol. The van der Waals surface area contributed by atoms with E-state index in [9.17, 15) is 18.0 Å². The number of aliphatic imine (C=N–C) groups is 1. The van der Waals surface area contributed by atoms with Crippen LogP contribution in [0.5, 0.6) is 0 Å². The number of benzene rings is 2. The van der Waals surface area contributed by atoms with Gasteiger partial charge in [-0.1, -0.05) is 12.1 Å². The highest BCUT2D eigenvalue weighted by Gasteiger charge is 2.34. The molecule has 0 radical (unpaired) electrons. The minimum Gasteiger partial charge on any atom is -0.348 e. The molecule has 0 bridgehead atoms. The molecule has 1 saturated carbocycles. The number of hydrogen-bond acceptors (Lipinski definition) is 5. The number of likely N-dealkylation sites (N-methyl/N-ethyl adjacent to an activating group) is 1. The van der Waals surface area contributed by atoms with E-state index >= 15 is 0 Å². The lowest BCUT2D eigenvalue weighted by Crippen LogP contribution is -2.46. The van der Waals surface area contributed by atoms with Crippen molar-refractivity contribution in [2.75, 3.05) is 33.2 Å². The van der Waals surface area contributed by atoms with E-state index in [-0.39, 0.29) is 11.8 Å². The molecule has 2 aliphatic heterocycles. The van der Waals surface area contributed by atoms with Crippen molar-refractivity contribution in [3.05, 3.63) is 69.8 Å². The summed E-state index contributed by atoms with van der Waals surface area (Å²) in [5, 5.41) is 6.19. The number of piperazine rings is 1. The summed E-state index contributed by atoms with van der Waals surface area (Å²) in [5.41, 5.74) is 2.82. The minimum atomic E-state index is -4.35. The van der Waals surface area contributed by atoms with Crippen molar-refractivity contribution in [2.45, 2.75) is 31.5 Å². The number of fused-ring (bicyclic) bond motifs is 1. The fraction of sp³-hybridized carbons (Fsp3) is 0.370. The lowest BCUT2D eigenvalue weighted by Gasteiger charge is -2.32. The SMILES string of the molecule is CN1CCN(C2=NC(=O)/C(=C/c3ccc4c(cnn4Cc4ccc(C(F)(F)F)cc4C4CC4)c3)S2)CC1. The second kappa shape index (κ2) is 9.33.